The van der Waals surface area contributed by atoms with E-state index in [1.807, 2.05) is 30.9 Å². The van der Waals surface area contributed by atoms with E-state index in [4.69, 9.17) is 4.74 Å². The van der Waals surface area contributed by atoms with E-state index in [0.29, 0.717) is 47.9 Å². The molecular weight excluding hydrogens is 489 g/mol. The number of hydrogen-bond donors (Lipinski definition) is 0. The first-order chi connectivity index (χ1) is 18.1. The van der Waals surface area contributed by atoms with Crippen molar-refractivity contribution in [2.24, 2.45) is 0 Å². The molecule has 38 heavy (non-hydrogen) atoms. The average Bonchev–Trinajstić information content (AvgIpc) is 2.87. The van der Waals surface area contributed by atoms with Gasteiger partial charge in [0.25, 0.3) is 0 Å². The fourth-order valence-electron chi connectivity index (χ4n) is 5.80. The molecule has 2 aliphatic heterocycles. The van der Waals surface area contributed by atoms with E-state index < -0.39 is 11.6 Å². The third kappa shape index (κ3) is 5.10. The molecule has 3 aromatic rings. The van der Waals surface area contributed by atoms with Gasteiger partial charge in [-0.25, -0.2) is 23.1 Å². The Morgan fingerprint density at radius 1 is 1.00 bits per heavy atom. The minimum absolute atomic E-state index is 0.0115. The van der Waals surface area contributed by atoms with Crippen molar-refractivity contribution >= 4 is 5.69 Å². The molecule has 0 radical (unpaired) electrons. The summed E-state index contributed by atoms with van der Waals surface area (Å²) in [5.41, 5.74) is 2.34. The van der Waals surface area contributed by atoms with Gasteiger partial charge in [0.15, 0.2) is 17.4 Å². The number of nitrogens with zero attached hydrogens (tertiary/aromatic N) is 4. The minimum atomic E-state index is -0.645. The van der Waals surface area contributed by atoms with Gasteiger partial charge in [-0.15, -0.1) is 0 Å². The van der Waals surface area contributed by atoms with Crippen LogP contribution in [0.1, 0.15) is 63.4 Å². The number of hydrogen-bond acceptors (Lipinski definition) is 5. The molecule has 0 amide bonds. The Labute approximate surface area is 222 Å². The van der Waals surface area contributed by atoms with Crippen LogP contribution < -0.4 is 9.64 Å². The minimum Gasteiger partial charge on any atom is -0.486 e. The van der Waals surface area contributed by atoms with Crippen molar-refractivity contribution in [3.05, 3.63) is 70.9 Å². The summed E-state index contributed by atoms with van der Waals surface area (Å²) in [6.07, 6.45) is 3.16. The molecule has 5 nitrogen and oxygen atoms in total. The van der Waals surface area contributed by atoms with Crippen LogP contribution in [0, 0.1) is 17.5 Å². The van der Waals surface area contributed by atoms with Gasteiger partial charge >= 0.3 is 0 Å². The van der Waals surface area contributed by atoms with Gasteiger partial charge in [0, 0.05) is 30.1 Å². The molecule has 0 N–H and O–H groups in total. The van der Waals surface area contributed by atoms with Crippen molar-refractivity contribution in [3.8, 4) is 17.0 Å². The Morgan fingerprint density at radius 2 is 1.74 bits per heavy atom. The predicted octanol–water partition coefficient (Wildman–Crippen LogP) is 6.35. The molecular formula is C30H35F3N4O. The van der Waals surface area contributed by atoms with Crippen LogP contribution in [0.2, 0.25) is 0 Å². The molecule has 2 aromatic carbocycles. The van der Waals surface area contributed by atoms with Crippen LogP contribution in [0.25, 0.3) is 11.3 Å². The van der Waals surface area contributed by atoms with Gasteiger partial charge in [0.1, 0.15) is 23.9 Å². The standard InChI is InChI=1S/C30H35F3N4O/c1-17(2)37-8-9-38-30-25(32)14-22(15-27(30)37)29-26(33)16-34-28(35-29)13-20-6-7-23(24(31)12-20)21-10-18(3)36(5)19(4)11-21/h6-7,12,14-19,21H,8-11,13H2,1-5H3. The third-order valence-corrected chi connectivity index (χ3v) is 8.11. The second-order valence-corrected chi connectivity index (χ2v) is 11.0. The van der Waals surface area contributed by atoms with E-state index in [1.165, 1.54) is 12.1 Å². The van der Waals surface area contributed by atoms with Gasteiger partial charge in [-0.05, 0) is 82.8 Å². The monoisotopic (exact) mass is 524 g/mol. The lowest BCUT2D eigenvalue weighted by Gasteiger charge is -2.40. The molecule has 5 rings (SSSR count). The molecule has 1 saturated heterocycles. The summed E-state index contributed by atoms with van der Waals surface area (Å²) in [6.45, 7) is 9.39. The van der Waals surface area contributed by atoms with E-state index in [2.05, 4.69) is 35.8 Å². The highest BCUT2D eigenvalue weighted by atomic mass is 19.1. The van der Waals surface area contributed by atoms with E-state index in [0.717, 1.165) is 24.6 Å². The first kappa shape index (κ1) is 26.5. The maximum absolute atomic E-state index is 15.2. The molecule has 202 valence electrons. The quantitative estimate of drug-likeness (QED) is 0.389. The van der Waals surface area contributed by atoms with Crippen molar-refractivity contribution in [2.75, 3.05) is 25.1 Å². The highest BCUT2D eigenvalue weighted by molar-refractivity contribution is 5.72. The first-order valence-electron chi connectivity index (χ1n) is 13.4. The molecule has 2 unspecified atom stereocenters. The van der Waals surface area contributed by atoms with Crippen LogP contribution in [0.3, 0.4) is 0 Å². The van der Waals surface area contributed by atoms with Gasteiger partial charge in [-0.3, -0.25) is 0 Å². The lowest BCUT2D eigenvalue weighted by molar-refractivity contribution is 0.121. The SMILES string of the molecule is CC(C)N1CCOc2c(F)cc(-c3nc(Cc4ccc(C5CC(C)N(C)C(C)C5)c(F)c4)ncc3F)cc21. The smallest absolute Gasteiger partial charge is 0.178 e. The van der Waals surface area contributed by atoms with E-state index in [1.54, 1.807) is 6.07 Å². The number of halogens is 3. The number of ether oxygens (including phenoxy) is 1. The molecule has 0 saturated carbocycles. The molecule has 8 heteroatoms. The van der Waals surface area contributed by atoms with Gasteiger partial charge in [0.2, 0.25) is 0 Å². The summed E-state index contributed by atoms with van der Waals surface area (Å²) in [5.74, 6) is -0.750. The summed E-state index contributed by atoms with van der Waals surface area (Å²) in [6, 6.07) is 9.16. The Morgan fingerprint density at radius 3 is 2.42 bits per heavy atom. The number of anilines is 1. The lowest BCUT2D eigenvalue weighted by Crippen LogP contribution is -2.43. The molecule has 1 aromatic heterocycles. The number of rotatable bonds is 5. The summed E-state index contributed by atoms with van der Waals surface area (Å²) in [5, 5.41) is 0. The molecule has 2 aliphatic rings. The zero-order valence-corrected chi connectivity index (χ0v) is 22.6. The van der Waals surface area contributed by atoms with Crippen LogP contribution in [0.4, 0.5) is 18.9 Å². The zero-order chi connectivity index (χ0) is 27.1. The van der Waals surface area contributed by atoms with Gasteiger partial charge in [-0.2, -0.15) is 0 Å². The fraction of sp³-hybridized carbons (Fsp3) is 0.467. The zero-order valence-electron chi connectivity index (χ0n) is 22.6. The summed E-state index contributed by atoms with van der Waals surface area (Å²) >= 11 is 0. The third-order valence-electron chi connectivity index (χ3n) is 8.11. The number of aromatic nitrogens is 2. The molecule has 0 spiro atoms. The van der Waals surface area contributed by atoms with E-state index in [-0.39, 0.29) is 35.6 Å². The van der Waals surface area contributed by atoms with Crippen LogP contribution in [-0.4, -0.2) is 53.2 Å². The van der Waals surface area contributed by atoms with Crippen molar-refractivity contribution in [1.29, 1.82) is 0 Å². The Hall–Kier alpha value is -3.13. The van der Waals surface area contributed by atoms with Crippen molar-refractivity contribution in [2.45, 2.75) is 71.0 Å². The second kappa shape index (κ2) is 10.6. The van der Waals surface area contributed by atoms with Crippen LogP contribution in [0.15, 0.2) is 36.5 Å². The van der Waals surface area contributed by atoms with Crippen molar-refractivity contribution in [3.63, 3.8) is 0 Å². The molecule has 3 heterocycles. The van der Waals surface area contributed by atoms with Crippen LogP contribution in [0.5, 0.6) is 5.75 Å². The Balaban J connectivity index is 1.41. The Bertz CT molecular complexity index is 1320. The number of piperidine rings is 1. The molecule has 0 bridgehead atoms. The normalized spacial score (nSPS) is 21.9. The van der Waals surface area contributed by atoms with Gasteiger partial charge in [-0.1, -0.05) is 12.1 Å². The van der Waals surface area contributed by atoms with E-state index >= 15 is 4.39 Å². The first-order valence-corrected chi connectivity index (χ1v) is 13.4. The second-order valence-electron chi connectivity index (χ2n) is 11.0. The molecule has 0 aliphatic carbocycles. The number of likely N-dealkylation sites (tertiary alicyclic amines) is 1. The fourth-order valence-corrected chi connectivity index (χ4v) is 5.80. The van der Waals surface area contributed by atoms with E-state index in [9.17, 15) is 8.78 Å². The predicted molar refractivity (Wildman–Crippen MR) is 143 cm³/mol. The van der Waals surface area contributed by atoms with Crippen LogP contribution in [-0.2, 0) is 6.42 Å². The maximum atomic E-state index is 15.2. The maximum Gasteiger partial charge on any atom is 0.178 e. The Kier molecular flexibility index (Phi) is 7.36. The highest BCUT2D eigenvalue weighted by Gasteiger charge is 2.30. The van der Waals surface area contributed by atoms with Gasteiger partial charge < -0.3 is 14.5 Å². The largest absolute Gasteiger partial charge is 0.486 e. The summed E-state index contributed by atoms with van der Waals surface area (Å²) in [4.78, 5) is 12.9. The van der Waals surface area contributed by atoms with Gasteiger partial charge in [0.05, 0.1) is 18.4 Å². The average molecular weight is 525 g/mol. The molecule has 1 fully saturated rings. The lowest BCUT2D eigenvalue weighted by atomic mass is 9.82. The summed E-state index contributed by atoms with van der Waals surface area (Å²) in [7, 11) is 2.12. The summed E-state index contributed by atoms with van der Waals surface area (Å²) < 4.78 is 50.6. The van der Waals surface area contributed by atoms with Crippen LogP contribution >= 0.6 is 0 Å². The molecule has 2 atom stereocenters. The number of benzene rings is 2. The number of fused-ring (bicyclic) bond motifs is 1. The highest BCUT2D eigenvalue weighted by Crippen LogP contribution is 2.39. The topological polar surface area (TPSA) is 41.5 Å². The van der Waals surface area contributed by atoms with Crippen molar-refractivity contribution in [1.82, 2.24) is 14.9 Å². The van der Waals surface area contributed by atoms with Crippen molar-refractivity contribution < 1.29 is 17.9 Å².